The summed E-state index contributed by atoms with van der Waals surface area (Å²) < 4.78 is 45.3. The summed E-state index contributed by atoms with van der Waals surface area (Å²) in [7, 11) is 0. The predicted molar refractivity (Wildman–Crippen MR) is 121 cm³/mol. The molecule has 2 heterocycles. The molecule has 0 N–H and O–H groups in total. The average Bonchev–Trinajstić information content (AvgIpc) is 2.80. The van der Waals surface area contributed by atoms with Crippen molar-refractivity contribution in [3.63, 3.8) is 0 Å². The molecule has 2 aromatic carbocycles. The number of hydrogen-bond acceptors (Lipinski definition) is 5. The molecule has 0 amide bonds. The van der Waals surface area contributed by atoms with Crippen LogP contribution in [0.2, 0.25) is 0 Å². The van der Waals surface area contributed by atoms with Gasteiger partial charge in [0.2, 0.25) is 6.36 Å². The molecule has 176 valence electrons. The van der Waals surface area contributed by atoms with Crippen LogP contribution >= 0.6 is 0 Å². The number of rotatable bonds is 8. The molecule has 2 aromatic rings. The molecule has 2 bridgehead atoms. The zero-order chi connectivity index (χ0) is 22.3. The molecule has 0 aromatic heterocycles. The van der Waals surface area contributed by atoms with Gasteiger partial charge in [-0.2, -0.15) is 0 Å². The van der Waals surface area contributed by atoms with Gasteiger partial charge >= 0.3 is 0 Å². The first-order chi connectivity index (χ1) is 15.7. The molecular formula is C26H35FO5. The topological polar surface area (TPSA) is 46.2 Å². The Balaban J connectivity index is 1.62. The minimum absolute atomic E-state index is 0.241. The highest BCUT2D eigenvalue weighted by molar-refractivity contribution is 5.84. The standard InChI is InChI=1S/C26H35FO5/c1-3-5-11-29-23-22-17-28-15-20-13-18-9-7-8-10-19(18)14-21(20)16-31-24(23)25(26(27)32-22)30-12-6-4-2/h7-10,13-14,22-26H,3-6,11-12,15-17H2,1-2H3/t22?,23-,24?,25?,26-/m1/s1. The van der Waals surface area contributed by atoms with Crippen molar-refractivity contribution in [1.82, 2.24) is 0 Å². The van der Waals surface area contributed by atoms with Crippen molar-refractivity contribution >= 4 is 10.8 Å². The zero-order valence-corrected chi connectivity index (χ0v) is 19.1. The van der Waals surface area contributed by atoms with Gasteiger partial charge in [0.15, 0.2) is 0 Å². The van der Waals surface area contributed by atoms with E-state index in [4.69, 9.17) is 23.7 Å². The monoisotopic (exact) mass is 446 g/mol. The van der Waals surface area contributed by atoms with Gasteiger partial charge in [-0.15, -0.1) is 0 Å². The summed E-state index contributed by atoms with van der Waals surface area (Å²) in [6.07, 6.45) is -0.183. The van der Waals surface area contributed by atoms with Gasteiger partial charge in [0.25, 0.3) is 0 Å². The SMILES string of the molecule is CCCCOC1C2OCc3cc4ccccc4cc3COCC(O[C@H]1F)[C@H]2OCCCC. The Morgan fingerprint density at radius 2 is 1.53 bits per heavy atom. The van der Waals surface area contributed by atoms with E-state index in [1.807, 2.05) is 12.1 Å². The van der Waals surface area contributed by atoms with Crippen LogP contribution in [0, 0.1) is 0 Å². The molecule has 4 rings (SSSR count). The molecular weight excluding hydrogens is 411 g/mol. The van der Waals surface area contributed by atoms with Gasteiger partial charge in [0.05, 0.1) is 19.8 Å². The lowest BCUT2D eigenvalue weighted by Crippen LogP contribution is -2.60. The van der Waals surface area contributed by atoms with E-state index < -0.39 is 30.8 Å². The van der Waals surface area contributed by atoms with Crippen LogP contribution in [0.5, 0.6) is 0 Å². The summed E-state index contributed by atoms with van der Waals surface area (Å²) in [6, 6.07) is 12.5. The number of fused-ring (bicyclic) bond motifs is 4. The van der Waals surface area contributed by atoms with Crippen LogP contribution in [0.3, 0.4) is 0 Å². The molecule has 1 fully saturated rings. The lowest BCUT2D eigenvalue weighted by molar-refractivity contribution is -0.296. The lowest BCUT2D eigenvalue weighted by atomic mass is 9.97. The number of hydrogen-bond donors (Lipinski definition) is 0. The molecule has 1 saturated heterocycles. The third-order valence-electron chi connectivity index (χ3n) is 6.23. The summed E-state index contributed by atoms with van der Waals surface area (Å²) in [5.74, 6) is 0. The van der Waals surface area contributed by atoms with E-state index >= 15 is 4.39 Å². The van der Waals surface area contributed by atoms with E-state index in [1.54, 1.807) is 0 Å². The highest BCUT2D eigenvalue weighted by atomic mass is 19.1. The van der Waals surface area contributed by atoms with Crippen molar-refractivity contribution in [2.75, 3.05) is 19.8 Å². The summed E-state index contributed by atoms with van der Waals surface area (Å²) >= 11 is 0. The van der Waals surface area contributed by atoms with Crippen LogP contribution in [-0.2, 0) is 36.9 Å². The van der Waals surface area contributed by atoms with Gasteiger partial charge in [-0.1, -0.05) is 51.0 Å². The molecule has 6 heteroatoms. The van der Waals surface area contributed by atoms with Crippen LogP contribution < -0.4 is 0 Å². The minimum Gasteiger partial charge on any atom is -0.374 e. The van der Waals surface area contributed by atoms with Crippen LogP contribution in [0.25, 0.3) is 10.8 Å². The summed E-state index contributed by atoms with van der Waals surface area (Å²) in [6.45, 7) is 6.24. The van der Waals surface area contributed by atoms with Crippen molar-refractivity contribution in [2.45, 2.75) is 83.5 Å². The highest BCUT2D eigenvalue weighted by Crippen LogP contribution is 2.32. The fraction of sp³-hybridized carbons (Fsp3) is 0.615. The van der Waals surface area contributed by atoms with Crippen LogP contribution in [-0.4, -0.2) is 50.6 Å². The predicted octanol–water partition coefficient (Wildman–Crippen LogP) is 5.32. The number of benzene rings is 2. The van der Waals surface area contributed by atoms with Gasteiger partial charge in [0, 0.05) is 13.2 Å². The fourth-order valence-electron chi connectivity index (χ4n) is 4.37. The second kappa shape index (κ2) is 11.5. The Bertz CT molecular complexity index is 859. The molecule has 0 radical (unpaired) electrons. The number of ether oxygens (including phenoxy) is 5. The van der Waals surface area contributed by atoms with Crippen molar-refractivity contribution < 1.29 is 28.1 Å². The molecule has 3 unspecified atom stereocenters. The fourth-order valence-corrected chi connectivity index (χ4v) is 4.37. The molecule has 2 aliphatic rings. The molecule has 0 aliphatic carbocycles. The van der Waals surface area contributed by atoms with Crippen molar-refractivity contribution in [3.05, 3.63) is 47.5 Å². The molecule has 0 spiro atoms. The lowest BCUT2D eigenvalue weighted by Gasteiger charge is -2.44. The Kier molecular flexibility index (Phi) is 8.49. The third kappa shape index (κ3) is 5.49. The largest absolute Gasteiger partial charge is 0.374 e. The van der Waals surface area contributed by atoms with Crippen molar-refractivity contribution in [2.24, 2.45) is 0 Å². The van der Waals surface area contributed by atoms with Gasteiger partial charge in [0.1, 0.15) is 24.4 Å². The molecule has 5 nitrogen and oxygen atoms in total. The maximum absolute atomic E-state index is 15.1. The minimum atomic E-state index is -1.58. The average molecular weight is 447 g/mol. The Labute approximate surface area is 190 Å². The third-order valence-corrected chi connectivity index (χ3v) is 6.23. The number of halogens is 1. The second-order valence-electron chi connectivity index (χ2n) is 8.66. The smallest absolute Gasteiger partial charge is 0.228 e. The Hall–Kier alpha value is -1.57. The first kappa shape index (κ1) is 23.6. The molecule has 0 saturated carbocycles. The molecule has 2 aliphatic heterocycles. The van der Waals surface area contributed by atoms with E-state index in [0.29, 0.717) is 26.4 Å². The van der Waals surface area contributed by atoms with E-state index in [0.717, 1.165) is 47.6 Å². The summed E-state index contributed by atoms with van der Waals surface area (Å²) in [5, 5.41) is 2.31. The maximum atomic E-state index is 15.1. The first-order valence-corrected chi connectivity index (χ1v) is 11.9. The normalized spacial score (nSPS) is 28.4. The zero-order valence-electron chi connectivity index (χ0n) is 19.1. The quantitative estimate of drug-likeness (QED) is 0.514. The van der Waals surface area contributed by atoms with Crippen molar-refractivity contribution in [3.8, 4) is 0 Å². The molecule has 32 heavy (non-hydrogen) atoms. The maximum Gasteiger partial charge on any atom is 0.228 e. The number of alkyl halides is 1. The van der Waals surface area contributed by atoms with E-state index in [2.05, 4.69) is 38.1 Å². The van der Waals surface area contributed by atoms with Crippen LogP contribution in [0.1, 0.15) is 50.7 Å². The van der Waals surface area contributed by atoms with Crippen LogP contribution in [0.15, 0.2) is 36.4 Å². The van der Waals surface area contributed by atoms with Gasteiger partial charge in [-0.3, -0.25) is 0 Å². The first-order valence-electron chi connectivity index (χ1n) is 11.9. The second-order valence-corrected chi connectivity index (χ2v) is 8.66. The van der Waals surface area contributed by atoms with Crippen molar-refractivity contribution in [1.29, 1.82) is 0 Å². The Morgan fingerprint density at radius 1 is 0.906 bits per heavy atom. The van der Waals surface area contributed by atoms with E-state index in [1.165, 1.54) is 0 Å². The summed E-state index contributed by atoms with van der Waals surface area (Å²) in [5.41, 5.74) is 2.12. The van der Waals surface area contributed by atoms with E-state index in [9.17, 15) is 0 Å². The summed E-state index contributed by atoms with van der Waals surface area (Å²) in [4.78, 5) is 0. The van der Waals surface area contributed by atoms with E-state index in [-0.39, 0.29) is 6.61 Å². The highest BCUT2D eigenvalue weighted by Gasteiger charge is 2.49. The van der Waals surface area contributed by atoms with Gasteiger partial charge < -0.3 is 23.7 Å². The number of unbranched alkanes of at least 4 members (excludes halogenated alkanes) is 2. The Morgan fingerprint density at radius 3 is 2.19 bits per heavy atom. The van der Waals surface area contributed by atoms with Crippen LogP contribution in [0.4, 0.5) is 4.39 Å². The van der Waals surface area contributed by atoms with Gasteiger partial charge in [-0.25, -0.2) is 4.39 Å². The van der Waals surface area contributed by atoms with Gasteiger partial charge in [-0.05, 0) is 46.9 Å². The molecule has 5 atom stereocenters.